The summed E-state index contributed by atoms with van der Waals surface area (Å²) in [5, 5.41) is 0. The standard InChI is InChI=1S/C19H27IN2O2/c1-19(2,3)24-18(23)21-10-4-5-16(9-11-21)22-12-8-14-13-15(20)6-7-17(14)22/h6-7,13,16H,4-5,8-12H2,1-3H3. The summed E-state index contributed by atoms with van der Waals surface area (Å²) < 4.78 is 6.85. The molecule has 0 spiro atoms. The molecule has 2 heterocycles. The van der Waals surface area contributed by atoms with Crippen molar-refractivity contribution in [3.63, 3.8) is 0 Å². The number of carbonyl (C=O) groups is 1. The Morgan fingerprint density at radius 2 is 2.00 bits per heavy atom. The lowest BCUT2D eigenvalue weighted by Crippen LogP contribution is -2.38. The van der Waals surface area contributed by atoms with Crippen LogP contribution in [0.4, 0.5) is 10.5 Å². The average Bonchev–Trinajstić information content (AvgIpc) is 2.74. The second-order valence-corrected chi connectivity index (χ2v) is 9.01. The molecule has 0 aliphatic carbocycles. The van der Waals surface area contributed by atoms with Crippen molar-refractivity contribution < 1.29 is 9.53 Å². The predicted octanol–water partition coefficient (Wildman–Crippen LogP) is 4.44. The minimum atomic E-state index is -0.423. The van der Waals surface area contributed by atoms with Crippen molar-refractivity contribution in [2.75, 3.05) is 24.5 Å². The van der Waals surface area contributed by atoms with Crippen molar-refractivity contribution in [3.05, 3.63) is 27.3 Å². The zero-order valence-electron chi connectivity index (χ0n) is 14.8. The molecule has 132 valence electrons. The van der Waals surface area contributed by atoms with Crippen molar-refractivity contribution >= 4 is 34.4 Å². The highest BCUT2D eigenvalue weighted by molar-refractivity contribution is 14.1. The fourth-order valence-electron chi connectivity index (χ4n) is 3.67. The maximum absolute atomic E-state index is 12.3. The van der Waals surface area contributed by atoms with Crippen LogP contribution in [0.2, 0.25) is 0 Å². The molecule has 1 atom stereocenters. The summed E-state index contributed by atoms with van der Waals surface area (Å²) in [7, 11) is 0. The van der Waals surface area contributed by atoms with E-state index in [1.54, 1.807) is 0 Å². The number of hydrogen-bond donors (Lipinski definition) is 0. The van der Waals surface area contributed by atoms with Gasteiger partial charge in [0.1, 0.15) is 5.60 Å². The van der Waals surface area contributed by atoms with Gasteiger partial charge in [-0.25, -0.2) is 4.79 Å². The zero-order chi connectivity index (χ0) is 17.3. The number of ether oxygens (including phenoxy) is 1. The van der Waals surface area contributed by atoms with Gasteiger partial charge in [0.05, 0.1) is 0 Å². The van der Waals surface area contributed by atoms with Crippen LogP contribution in [0.25, 0.3) is 0 Å². The monoisotopic (exact) mass is 442 g/mol. The Balaban J connectivity index is 1.64. The van der Waals surface area contributed by atoms with Crippen LogP contribution in [0.1, 0.15) is 45.6 Å². The van der Waals surface area contributed by atoms with Crippen LogP contribution in [0.5, 0.6) is 0 Å². The van der Waals surface area contributed by atoms with Gasteiger partial charge in [0.2, 0.25) is 0 Å². The van der Waals surface area contributed by atoms with E-state index in [0.29, 0.717) is 6.04 Å². The number of benzene rings is 1. The molecule has 2 aliphatic heterocycles. The molecule has 0 N–H and O–H groups in total. The van der Waals surface area contributed by atoms with Crippen molar-refractivity contribution in [2.45, 2.75) is 58.1 Å². The highest BCUT2D eigenvalue weighted by Crippen LogP contribution is 2.33. The minimum absolute atomic E-state index is 0.167. The molecule has 0 saturated carbocycles. The van der Waals surface area contributed by atoms with Crippen LogP contribution in [-0.2, 0) is 11.2 Å². The second kappa shape index (κ2) is 7.10. The molecule has 1 unspecified atom stereocenters. The number of anilines is 1. The summed E-state index contributed by atoms with van der Waals surface area (Å²) in [6.45, 7) is 8.47. The first-order chi connectivity index (χ1) is 11.3. The molecule has 1 saturated heterocycles. The topological polar surface area (TPSA) is 32.8 Å². The molecule has 24 heavy (non-hydrogen) atoms. The fraction of sp³-hybridized carbons (Fsp3) is 0.632. The van der Waals surface area contributed by atoms with Gasteiger partial charge < -0.3 is 14.5 Å². The molecule has 0 radical (unpaired) electrons. The molecule has 2 aliphatic rings. The van der Waals surface area contributed by atoms with Gasteiger partial charge in [0.15, 0.2) is 0 Å². The first-order valence-electron chi connectivity index (χ1n) is 8.86. The molecular formula is C19H27IN2O2. The number of hydrogen-bond acceptors (Lipinski definition) is 3. The lowest BCUT2D eigenvalue weighted by molar-refractivity contribution is 0.0256. The number of amides is 1. The Bertz CT molecular complexity index is 612. The summed E-state index contributed by atoms with van der Waals surface area (Å²) in [6.07, 6.45) is 4.17. The largest absolute Gasteiger partial charge is 0.444 e. The number of likely N-dealkylation sites (tertiary alicyclic amines) is 1. The van der Waals surface area contributed by atoms with Crippen molar-refractivity contribution in [1.82, 2.24) is 4.90 Å². The Morgan fingerprint density at radius 1 is 1.21 bits per heavy atom. The molecule has 0 aromatic heterocycles. The van der Waals surface area contributed by atoms with Crippen molar-refractivity contribution in [2.24, 2.45) is 0 Å². The maximum Gasteiger partial charge on any atom is 0.410 e. The summed E-state index contributed by atoms with van der Waals surface area (Å²) in [5.74, 6) is 0. The molecular weight excluding hydrogens is 415 g/mol. The van der Waals surface area contributed by atoms with Crippen LogP contribution in [0.3, 0.4) is 0 Å². The highest BCUT2D eigenvalue weighted by Gasteiger charge is 2.30. The molecule has 1 aromatic rings. The van der Waals surface area contributed by atoms with E-state index in [0.717, 1.165) is 45.3 Å². The smallest absolute Gasteiger partial charge is 0.410 e. The van der Waals surface area contributed by atoms with Gasteiger partial charge in [0, 0.05) is 34.9 Å². The van der Waals surface area contributed by atoms with E-state index >= 15 is 0 Å². The normalized spacial score (nSPS) is 21.4. The van der Waals surface area contributed by atoms with E-state index < -0.39 is 5.60 Å². The van der Waals surface area contributed by atoms with E-state index in [2.05, 4.69) is 45.7 Å². The first kappa shape index (κ1) is 17.8. The van der Waals surface area contributed by atoms with Gasteiger partial charge in [0.25, 0.3) is 0 Å². The SMILES string of the molecule is CC(C)(C)OC(=O)N1CCCC(N2CCc3cc(I)ccc32)CC1. The van der Waals surface area contributed by atoms with E-state index in [9.17, 15) is 4.79 Å². The van der Waals surface area contributed by atoms with Gasteiger partial charge in [-0.05, 0) is 92.8 Å². The van der Waals surface area contributed by atoms with Gasteiger partial charge in [-0.2, -0.15) is 0 Å². The quantitative estimate of drug-likeness (QED) is 0.603. The number of fused-ring (bicyclic) bond motifs is 1. The third-order valence-corrected chi connectivity index (χ3v) is 5.43. The maximum atomic E-state index is 12.3. The lowest BCUT2D eigenvalue weighted by atomic mass is 10.1. The summed E-state index contributed by atoms with van der Waals surface area (Å²) in [5.41, 5.74) is 2.44. The number of halogens is 1. The Hall–Kier alpha value is -0.980. The van der Waals surface area contributed by atoms with Gasteiger partial charge in [-0.15, -0.1) is 0 Å². The molecule has 1 fully saturated rings. The van der Waals surface area contributed by atoms with Crippen LogP contribution < -0.4 is 4.90 Å². The Kier molecular flexibility index (Phi) is 5.27. The zero-order valence-corrected chi connectivity index (χ0v) is 17.0. The van der Waals surface area contributed by atoms with Gasteiger partial charge in [-0.3, -0.25) is 0 Å². The molecule has 1 amide bonds. The molecule has 3 rings (SSSR count). The van der Waals surface area contributed by atoms with Crippen LogP contribution in [0.15, 0.2) is 18.2 Å². The number of nitrogens with zero attached hydrogens (tertiary/aromatic N) is 2. The number of carbonyl (C=O) groups excluding carboxylic acids is 1. The fourth-order valence-corrected chi connectivity index (χ4v) is 4.23. The average molecular weight is 442 g/mol. The molecule has 4 nitrogen and oxygen atoms in total. The predicted molar refractivity (Wildman–Crippen MR) is 106 cm³/mol. The molecule has 0 bridgehead atoms. The van der Waals surface area contributed by atoms with E-state index in [1.807, 2.05) is 25.7 Å². The second-order valence-electron chi connectivity index (χ2n) is 7.77. The minimum Gasteiger partial charge on any atom is -0.444 e. The highest BCUT2D eigenvalue weighted by atomic mass is 127. The Labute approximate surface area is 158 Å². The van der Waals surface area contributed by atoms with Crippen molar-refractivity contribution in [1.29, 1.82) is 0 Å². The van der Waals surface area contributed by atoms with E-state index in [4.69, 9.17) is 4.74 Å². The summed E-state index contributed by atoms with van der Waals surface area (Å²) in [6, 6.07) is 7.29. The van der Waals surface area contributed by atoms with E-state index in [-0.39, 0.29) is 6.09 Å². The van der Waals surface area contributed by atoms with E-state index in [1.165, 1.54) is 14.8 Å². The van der Waals surface area contributed by atoms with Crippen molar-refractivity contribution in [3.8, 4) is 0 Å². The van der Waals surface area contributed by atoms with Crippen LogP contribution in [-0.4, -0.2) is 42.3 Å². The third-order valence-electron chi connectivity index (χ3n) is 4.76. The first-order valence-corrected chi connectivity index (χ1v) is 9.94. The number of rotatable bonds is 1. The molecule has 1 aromatic carbocycles. The molecule has 5 heteroatoms. The van der Waals surface area contributed by atoms with Crippen LogP contribution in [0, 0.1) is 3.57 Å². The summed E-state index contributed by atoms with van der Waals surface area (Å²) >= 11 is 2.38. The summed E-state index contributed by atoms with van der Waals surface area (Å²) in [4.78, 5) is 16.8. The van der Waals surface area contributed by atoms with Gasteiger partial charge in [-0.1, -0.05) is 0 Å². The van der Waals surface area contributed by atoms with Gasteiger partial charge >= 0.3 is 6.09 Å². The lowest BCUT2D eigenvalue weighted by Gasteiger charge is -2.30. The van der Waals surface area contributed by atoms with Crippen LogP contribution >= 0.6 is 22.6 Å². The Morgan fingerprint density at radius 3 is 2.75 bits per heavy atom. The third kappa shape index (κ3) is 4.16.